The van der Waals surface area contributed by atoms with Crippen molar-refractivity contribution in [3.05, 3.63) is 0 Å². The highest BCUT2D eigenvalue weighted by Gasteiger charge is 2.07. The zero-order valence-electron chi connectivity index (χ0n) is 7.75. The van der Waals surface area contributed by atoms with Crippen LogP contribution in [0.4, 0.5) is 0 Å². The molecule has 0 radical (unpaired) electrons. The molecule has 0 saturated heterocycles. The zero-order valence-corrected chi connectivity index (χ0v) is 10.1. The molecule has 0 aliphatic carbocycles. The Labute approximate surface area is 89.7 Å². The van der Waals surface area contributed by atoms with E-state index in [9.17, 15) is 8.42 Å². The van der Waals surface area contributed by atoms with Gasteiger partial charge in [-0.15, -0.1) is 11.6 Å². The fourth-order valence-corrected chi connectivity index (χ4v) is 2.61. The molecule has 0 atom stereocenters. The summed E-state index contributed by atoms with van der Waals surface area (Å²) in [5.74, 6) is 1.51. The van der Waals surface area contributed by atoms with E-state index in [1.165, 1.54) is 0 Å². The van der Waals surface area contributed by atoms with E-state index in [0.717, 1.165) is 12.2 Å². The molecule has 0 aliphatic heterocycles. The molecule has 80 valence electrons. The zero-order chi connectivity index (χ0) is 10.2. The second kappa shape index (κ2) is 7.91. The minimum absolute atomic E-state index is 0.135. The second-order valence-corrected chi connectivity index (χ2v) is 5.89. The van der Waals surface area contributed by atoms with Gasteiger partial charge in [0.05, 0.1) is 5.75 Å². The predicted octanol–water partition coefficient (Wildman–Crippen LogP) is 1.29. The summed E-state index contributed by atoms with van der Waals surface area (Å²) in [6, 6.07) is 0. The Balaban J connectivity index is 3.52. The molecular weight excluding hydrogens is 230 g/mol. The SMILES string of the molecule is CSCCCNS(=O)(=O)CCCCl. The van der Waals surface area contributed by atoms with Gasteiger partial charge in [-0.1, -0.05) is 0 Å². The minimum atomic E-state index is -3.07. The van der Waals surface area contributed by atoms with Crippen LogP contribution < -0.4 is 4.72 Å². The second-order valence-electron chi connectivity index (χ2n) is 2.60. The third-order valence-corrected chi connectivity index (χ3v) is 3.83. The van der Waals surface area contributed by atoms with Crippen LogP contribution in [0.3, 0.4) is 0 Å². The molecule has 0 amide bonds. The molecule has 13 heavy (non-hydrogen) atoms. The van der Waals surface area contributed by atoms with Crippen molar-refractivity contribution in [2.45, 2.75) is 12.8 Å². The van der Waals surface area contributed by atoms with Crippen LogP contribution in [0, 0.1) is 0 Å². The normalized spacial score (nSPS) is 11.8. The molecule has 0 aromatic heterocycles. The van der Waals surface area contributed by atoms with Gasteiger partial charge >= 0.3 is 0 Å². The van der Waals surface area contributed by atoms with Gasteiger partial charge in [0.2, 0.25) is 10.0 Å². The molecule has 0 aromatic carbocycles. The Morgan fingerprint density at radius 3 is 2.62 bits per heavy atom. The summed E-state index contributed by atoms with van der Waals surface area (Å²) in [6.45, 7) is 0.533. The number of hydrogen-bond acceptors (Lipinski definition) is 3. The first-order valence-corrected chi connectivity index (χ1v) is 7.72. The maximum Gasteiger partial charge on any atom is 0.211 e. The van der Waals surface area contributed by atoms with Gasteiger partial charge in [0.25, 0.3) is 0 Å². The lowest BCUT2D eigenvalue weighted by atomic mass is 10.5. The van der Waals surface area contributed by atoms with E-state index in [1.54, 1.807) is 11.8 Å². The number of sulfonamides is 1. The molecule has 6 heteroatoms. The van der Waals surface area contributed by atoms with Crippen LogP contribution in [-0.2, 0) is 10.0 Å². The van der Waals surface area contributed by atoms with Crippen molar-refractivity contribution < 1.29 is 8.42 Å². The summed E-state index contributed by atoms with van der Waals surface area (Å²) in [7, 11) is -3.07. The van der Waals surface area contributed by atoms with E-state index in [-0.39, 0.29) is 5.75 Å². The van der Waals surface area contributed by atoms with E-state index >= 15 is 0 Å². The number of rotatable bonds is 8. The van der Waals surface area contributed by atoms with Crippen molar-refractivity contribution in [1.29, 1.82) is 0 Å². The van der Waals surface area contributed by atoms with Crippen LogP contribution in [0.1, 0.15) is 12.8 Å². The van der Waals surface area contributed by atoms with E-state index in [2.05, 4.69) is 4.72 Å². The monoisotopic (exact) mass is 245 g/mol. The van der Waals surface area contributed by atoms with Crippen LogP contribution in [-0.4, -0.2) is 38.6 Å². The molecule has 0 heterocycles. The third kappa shape index (κ3) is 8.87. The lowest BCUT2D eigenvalue weighted by Gasteiger charge is -2.04. The van der Waals surface area contributed by atoms with E-state index in [0.29, 0.717) is 18.8 Å². The summed E-state index contributed by atoms with van der Waals surface area (Å²) in [5, 5.41) is 0. The van der Waals surface area contributed by atoms with Crippen molar-refractivity contribution in [1.82, 2.24) is 4.72 Å². The number of hydrogen-bond donors (Lipinski definition) is 1. The highest BCUT2D eigenvalue weighted by atomic mass is 35.5. The van der Waals surface area contributed by atoms with Crippen LogP contribution in [0.5, 0.6) is 0 Å². The molecule has 0 saturated carbocycles. The third-order valence-electron chi connectivity index (χ3n) is 1.39. The van der Waals surface area contributed by atoms with Gasteiger partial charge in [-0.3, -0.25) is 0 Å². The van der Waals surface area contributed by atoms with Crippen LogP contribution >= 0.6 is 23.4 Å². The Kier molecular flexibility index (Phi) is 8.24. The lowest BCUT2D eigenvalue weighted by Crippen LogP contribution is -2.27. The smallest absolute Gasteiger partial charge is 0.211 e. The highest BCUT2D eigenvalue weighted by Crippen LogP contribution is 1.96. The van der Waals surface area contributed by atoms with Crippen molar-refractivity contribution in [2.75, 3.05) is 30.2 Å². The summed E-state index contributed by atoms with van der Waals surface area (Å²) < 4.78 is 24.9. The van der Waals surface area contributed by atoms with Crippen molar-refractivity contribution >= 4 is 33.4 Å². The number of halogens is 1. The summed E-state index contributed by atoms with van der Waals surface area (Å²) in [5.41, 5.74) is 0. The van der Waals surface area contributed by atoms with Gasteiger partial charge in [-0.25, -0.2) is 13.1 Å². The first-order chi connectivity index (χ1) is 6.12. The minimum Gasteiger partial charge on any atom is -0.215 e. The lowest BCUT2D eigenvalue weighted by molar-refractivity contribution is 0.580. The highest BCUT2D eigenvalue weighted by molar-refractivity contribution is 7.98. The molecule has 1 N–H and O–H groups in total. The van der Waals surface area contributed by atoms with E-state index < -0.39 is 10.0 Å². The van der Waals surface area contributed by atoms with Gasteiger partial charge in [0.15, 0.2) is 0 Å². The molecule has 0 unspecified atom stereocenters. The van der Waals surface area contributed by atoms with Crippen molar-refractivity contribution in [3.8, 4) is 0 Å². The van der Waals surface area contributed by atoms with Crippen LogP contribution in [0.25, 0.3) is 0 Å². The first-order valence-electron chi connectivity index (χ1n) is 4.14. The standard InChI is InChI=1S/C7H16ClNO2S2/c1-12-6-3-5-9-13(10,11)7-2-4-8/h9H,2-7H2,1H3. The summed E-state index contributed by atoms with van der Waals surface area (Å²) >= 11 is 7.11. The topological polar surface area (TPSA) is 46.2 Å². The molecule has 0 spiro atoms. The van der Waals surface area contributed by atoms with Gasteiger partial charge in [-0.05, 0) is 24.9 Å². The Hall–Kier alpha value is 0.550. The molecule has 3 nitrogen and oxygen atoms in total. The maximum absolute atomic E-state index is 11.2. The Morgan fingerprint density at radius 2 is 2.08 bits per heavy atom. The van der Waals surface area contributed by atoms with Gasteiger partial charge in [-0.2, -0.15) is 11.8 Å². The number of alkyl halides is 1. The first kappa shape index (κ1) is 13.5. The molecule has 0 bridgehead atoms. The van der Waals surface area contributed by atoms with Gasteiger partial charge in [0.1, 0.15) is 0 Å². The average Bonchev–Trinajstić information content (AvgIpc) is 2.09. The van der Waals surface area contributed by atoms with Crippen molar-refractivity contribution in [2.24, 2.45) is 0 Å². The Morgan fingerprint density at radius 1 is 1.38 bits per heavy atom. The number of nitrogens with one attached hydrogen (secondary N) is 1. The van der Waals surface area contributed by atoms with Crippen LogP contribution in [0.2, 0.25) is 0 Å². The fourth-order valence-electron chi connectivity index (χ4n) is 0.761. The summed E-state index contributed by atoms with van der Waals surface area (Å²) in [4.78, 5) is 0. The summed E-state index contributed by atoms with van der Waals surface area (Å²) in [6.07, 6.45) is 3.39. The van der Waals surface area contributed by atoms with E-state index in [1.807, 2.05) is 6.26 Å². The Bertz CT molecular complexity index is 207. The van der Waals surface area contributed by atoms with Gasteiger partial charge < -0.3 is 0 Å². The quantitative estimate of drug-likeness (QED) is 0.518. The predicted molar refractivity (Wildman–Crippen MR) is 60.1 cm³/mol. The largest absolute Gasteiger partial charge is 0.215 e. The molecule has 0 rings (SSSR count). The van der Waals surface area contributed by atoms with Crippen molar-refractivity contribution in [3.63, 3.8) is 0 Å². The van der Waals surface area contributed by atoms with Crippen LogP contribution in [0.15, 0.2) is 0 Å². The molecular formula is C7H16ClNO2S2. The fraction of sp³-hybridized carbons (Fsp3) is 1.00. The molecule has 0 fully saturated rings. The average molecular weight is 246 g/mol. The maximum atomic E-state index is 11.2. The number of thioether (sulfide) groups is 1. The van der Waals surface area contributed by atoms with Gasteiger partial charge in [0, 0.05) is 12.4 Å². The van der Waals surface area contributed by atoms with E-state index in [4.69, 9.17) is 11.6 Å². The molecule has 0 aliphatic rings. The molecule has 0 aromatic rings.